The van der Waals surface area contributed by atoms with Crippen LogP contribution in [0.1, 0.15) is 6.42 Å². The maximum absolute atomic E-state index is 6.43. The molecule has 7 aromatic carbocycles. The van der Waals surface area contributed by atoms with Crippen LogP contribution in [0.2, 0.25) is 0 Å². The summed E-state index contributed by atoms with van der Waals surface area (Å²) in [7, 11) is 0. The lowest BCUT2D eigenvalue weighted by Crippen LogP contribution is -2.36. The first-order chi connectivity index (χ1) is 27.2. The summed E-state index contributed by atoms with van der Waals surface area (Å²) < 4.78 is 25.2. The zero-order valence-corrected chi connectivity index (χ0v) is 29.4. The van der Waals surface area contributed by atoms with Crippen LogP contribution in [0.25, 0.3) is 101 Å². The standard InChI is InChI=1S/C49H30N2O4/c1-2-8-30(9-3-1)49-50-40-22-25-45-47(48(40)55-49)37-21-16-31(26-46(37)54-45)29-14-17-32(18-15-29)51(33-19-23-43-38(27-33)35-10-4-6-12-41(35)52-43)34-20-24-44-39(28-34)36-11-5-7-13-42(36)53-44/h1-19,21-28,34H,20H2. The van der Waals surface area contributed by atoms with Crippen LogP contribution >= 0.6 is 0 Å². The Hall–Kier alpha value is -7.31. The van der Waals surface area contributed by atoms with Gasteiger partial charge in [0.15, 0.2) is 5.58 Å². The molecule has 0 radical (unpaired) electrons. The Bertz CT molecular complexity index is 3420. The van der Waals surface area contributed by atoms with Crippen molar-refractivity contribution in [3.05, 3.63) is 162 Å². The zero-order valence-electron chi connectivity index (χ0n) is 29.4. The van der Waals surface area contributed by atoms with Gasteiger partial charge in [-0.05, 0) is 109 Å². The molecule has 0 amide bonds. The van der Waals surface area contributed by atoms with E-state index in [9.17, 15) is 0 Å². The first kappa shape index (κ1) is 30.2. The number of rotatable bonds is 5. The lowest BCUT2D eigenvalue weighted by molar-refractivity contribution is 0.569. The van der Waals surface area contributed by atoms with E-state index < -0.39 is 0 Å². The molecule has 12 rings (SSSR count). The Balaban J connectivity index is 0.954. The second-order valence-electron chi connectivity index (χ2n) is 14.2. The van der Waals surface area contributed by atoms with Gasteiger partial charge in [0.1, 0.15) is 38.8 Å². The van der Waals surface area contributed by atoms with Gasteiger partial charge in [0.05, 0.1) is 11.4 Å². The highest BCUT2D eigenvalue weighted by atomic mass is 16.4. The molecule has 1 atom stereocenters. The normalized spacial score (nSPS) is 14.2. The third-order valence-electron chi connectivity index (χ3n) is 11.0. The number of hydrogen-bond donors (Lipinski definition) is 0. The van der Waals surface area contributed by atoms with E-state index in [0.717, 1.165) is 111 Å². The van der Waals surface area contributed by atoms with E-state index >= 15 is 0 Å². The number of furan rings is 3. The van der Waals surface area contributed by atoms with E-state index in [-0.39, 0.29) is 6.04 Å². The molecule has 1 aliphatic carbocycles. The van der Waals surface area contributed by atoms with E-state index in [4.69, 9.17) is 22.7 Å². The maximum Gasteiger partial charge on any atom is 0.227 e. The molecule has 0 saturated carbocycles. The number of hydrogen-bond acceptors (Lipinski definition) is 6. The predicted molar refractivity (Wildman–Crippen MR) is 221 cm³/mol. The average Bonchev–Trinajstić information content (AvgIpc) is 4.02. The van der Waals surface area contributed by atoms with Crippen LogP contribution in [-0.4, -0.2) is 11.0 Å². The summed E-state index contributed by atoms with van der Waals surface area (Å²) in [6, 6.07) is 52.3. The number of fused-ring (bicyclic) bond motifs is 11. The fraction of sp³-hybridized carbons (Fsp3) is 0.0408. The van der Waals surface area contributed by atoms with E-state index in [1.807, 2.05) is 66.7 Å². The van der Waals surface area contributed by atoms with E-state index in [1.165, 1.54) is 0 Å². The molecule has 0 aliphatic heterocycles. The third-order valence-corrected chi connectivity index (χ3v) is 11.0. The molecule has 6 nitrogen and oxygen atoms in total. The predicted octanol–water partition coefficient (Wildman–Crippen LogP) is 11.9. The number of para-hydroxylation sites is 2. The molecular formula is C49H30N2O4. The highest BCUT2D eigenvalue weighted by Crippen LogP contribution is 2.40. The van der Waals surface area contributed by atoms with Crippen molar-refractivity contribution in [3.63, 3.8) is 0 Å². The fourth-order valence-electron chi connectivity index (χ4n) is 8.42. The summed E-state index contributed by atoms with van der Waals surface area (Å²) in [6.07, 6.45) is 5.38. The Kier molecular flexibility index (Phi) is 6.36. The van der Waals surface area contributed by atoms with Crippen LogP contribution < -0.4 is 15.5 Å². The number of aromatic nitrogens is 1. The molecule has 0 bridgehead atoms. The van der Waals surface area contributed by atoms with Gasteiger partial charge in [0.2, 0.25) is 5.89 Å². The van der Waals surface area contributed by atoms with Crippen molar-refractivity contribution in [1.82, 2.24) is 4.98 Å². The van der Waals surface area contributed by atoms with Gasteiger partial charge < -0.3 is 22.6 Å². The minimum absolute atomic E-state index is 0.0530. The molecule has 1 aliphatic rings. The molecule has 0 N–H and O–H groups in total. The second-order valence-corrected chi connectivity index (χ2v) is 14.2. The van der Waals surface area contributed by atoms with Crippen molar-refractivity contribution in [3.8, 4) is 22.6 Å². The lowest BCUT2D eigenvalue weighted by atomic mass is 10.00. The Labute approximate surface area is 313 Å². The van der Waals surface area contributed by atoms with Gasteiger partial charge in [-0.1, -0.05) is 72.8 Å². The molecule has 6 heteroatoms. The number of benzene rings is 7. The molecule has 1 unspecified atom stereocenters. The number of oxazole rings is 1. The van der Waals surface area contributed by atoms with Crippen LogP contribution in [-0.2, 0) is 0 Å². The summed E-state index contributed by atoms with van der Waals surface area (Å²) in [5.74, 6) is 0.600. The van der Waals surface area contributed by atoms with Crippen molar-refractivity contribution in [1.29, 1.82) is 0 Å². The highest BCUT2D eigenvalue weighted by molar-refractivity contribution is 6.17. The van der Waals surface area contributed by atoms with Gasteiger partial charge in [0.25, 0.3) is 0 Å². The first-order valence-electron chi connectivity index (χ1n) is 18.5. The molecule has 260 valence electrons. The maximum atomic E-state index is 6.43. The largest absolute Gasteiger partial charge is 0.456 e. The van der Waals surface area contributed by atoms with Crippen molar-refractivity contribution in [2.24, 2.45) is 0 Å². The van der Waals surface area contributed by atoms with E-state index in [0.29, 0.717) is 5.89 Å². The minimum Gasteiger partial charge on any atom is -0.456 e. The van der Waals surface area contributed by atoms with Gasteiger partial charge in [-0.15, -0.1) is 0 Å². The smallest absolute Gasteiger partial charge is 0.227 e. The molecule has 4 heterocycles. The highest BCUT2D eigenvalue weighted by Gasteiger charge is 2.23. The minimum atomic E-state index is 0.0530. The number of anilines is 2. The van der Waals surface area contributed by atoms with Crippen LogP contribution in [0.5, 0.6) is 0 Å². The van der Waals surface area contributed by atoms with Crippen LogP contribution in [0.15, 0.2) is 169 Å². The van der Waals surface area contributed by atoms with Crippen molar-refractivity contribution < 1.29 is 17.7 Å². The molecular weight excluding hydrogens is 681 g/mol. The summed E-state index contributed by atoms with van der Waals surface area (Å²) in [4.78, 5) is 7.22. The number of nitrogens with zero attached hydrogens (tertiary/aromatic N) is 2. The quantitative estimate of drug-likeness (QED) is 0.177. The summed E-state index contributed by atoms with van der Waals surface area (Å²) in [5, 5.41) is 6.42. The van der Waals surface area contributed by atoms with Gasteiger partial charge in [-0.2, -0.15) is 0 Å². The molecule has 0 spiro atoms. The summed E-state index contributed by atoms with van der Waals surface area (Å²) in [5.41, 5.74) is 12.0. The molecule has 11 aromatic rings. The van der Waals surface area contributed by atoms with Crippen molar-refractivity contribution in [2.45, 2.75) is 12.5 Å². The Morgan fingerprint density at radius 3 is 2.07 bits per heavy atom. The van der Waals surface area contributed by atoms with E-state index in [2.05, 4.69) is 102 Å². The van der Waals surface area contributed by atoms with E-state index in [1.54, 1.807) is 0 Å². The lowest BCUT2D eigenvalue weighted by Gasteiger charge is -2.32. The van der Waals surface area contributed by atoms with Crippen molar-refractivity contribution >= 4 is 89.5 Å². The summed E-state index contributed by atoms with van der Waals surface area (Å²) in [6.45, 7) is 0. The van der Waals surface area contributed by atoms with Gasteiger partial charge in [-0.3, -0.25) is 0 Å². The topological polar surface area (TPSA) is 68.7 Å². The molecule has 0 saturated heterocycles. The van der Waals surface area contributed by atoms with Gasteiger partial charge >= 0.3 is 0 Å². The van der Waals surface area contributed by atoms with Crippen LogP contribution in [0.4, 0.5) is 11.4 Å². The second kappa shape index (κ2) is 11.6. The SMILES string of the molecule is C1=c2oc3ccccc3c2=CC(N(c2ccc(-c3ccc4c(c3)oc3ccc5nc(-c6ccccc6)oc5c34)cc2)c2ccc3oc4ccccc4c3c2)C1. The zero-order chi connectivity index (χ0) is 36.0. The van der Waals surface area contributed by atoms with Gasteiger partial charge in [0, 0.05) is 43.7 Å². The first-order valence-corrected chi connectivity index (χ1v) is 18.5. The Morgan fingerprint density at radius 1 is 0.491 bits per heavy atom. The molecule has 4 aromatic heterocycles. The fourth-order valence-corrected chi connectivity index (χ4v) is 8.42. The Morgan fingerprint density at radius 2 is 1.20 bits per heavy atom. The summed E-state index contributed by atoms with van der Waals surface area (Å²) >= 11 is 0. The monoisotopic (exact) mass is 710 g/mol. The van der Waals surface area contributed by atoms with Crippen LogP contribution in [0, 0.1) is 0 Å². The third kappa shape index (κ3) is 4.71. The van der Waals surface area contributed by atoms with Crippen molar-refractivity contribution in [2.75, 3.05) is 4.90 Å². The molecule has 55 heavy (non-hydrogen) atoms. The van der Waals surface area contributed by atoms with Gasteiger partial charge in [-0.25, -0.2) is 4.98 Å². The van der Waals surface area contributed by atoms with Crippen LogP contribution in [0.3, 0.4) is 0 Å². The molecule has 0 fully saturated rings. The average molecular weight is 711 g/mol.